The highest BCUT2D eigenvalue weighted by Gasteiger charge is 2.31. The van der Waals surface area contributed by atoms with Crippen molar-refractivity contribution in [2.75, 3.05) is 13.2 Å². The number of rotatable bonds is 2. The van der Waals surface area contributed by atoms with Crippen molar-refractivity contribution in [3.63, 3.8) is 0 Å². The average molecular weight is 186 g/mol. The zero-order valence-electron chi connectivity index (χ0n) is 9.13. The van der Waals surface area contributed by atoms with Gasteiger partial charge in [-0.1, -0.05) is 13.8 Å². The Balaban J connectivity index is 2.39. The minimum atomic E-state index is -0.241. The number of morpholine rings is 1. The molecule has 1 saturated heterocycles. The van der Waals surface area contributed by atoms with E-state index in [-0.39, 0.29) is 11.6 Å². The van der Waals surface area contributed by atoms with Crippen molar-refractivity contribution in [1.29, 1.82) is 0 Å². The van der Waals surface area contributed by atoms with E-state index in [4.69, 9.17) is 10.5 Å². The maximum absolute atomic E-state index is 5.97. The SMILES string of the molecule is CC(C)C1COC(C(C)(C)N)CN1. The van der Waals surface area contributed by atoms with Gasteiger partial charge >= 0.3 is 0 Å². The van der Waals surface area contributed by atoms with E-state index in [9.17, 15) is 0 Å². The molecule has 1 fully saturated rings. The third-order valence-electron chi connectivity index (χ3n) is 2.68. The van der Waals surface area contributed by atoms with Gasteiger partial charge in [0.1, 0.15) is 0 Å². The zero-order valence-corrected chi connectivity index (χ0v) is 9.13. The molecule has 0 aliphatic carbocycles. The molecule has 2 atom stereocenters. The summed E-state index contributed by atoms with van der Waals surface area (Å²) < 4.78 is 5.73. The first-order valence-electron chi connectivity index (χ1n) is 5.05. The summed E-state index contributed by atoms with van der Waals surface area (Å²) in [5.41, 5.74) is 5.73. The van der Waals surface area contributed by atoms with Gasteiger partial charge in [-0.3, -0.25) is 0 Å². The topological polar surface area (TPSA) is 47.3 Å². The average Bonchev–Trinajstić information content (AvgIpc) is 2.03. The Bertz CT molecular complexity index is 155. The van der Waals surface area contributed by atoms with Crippen LogP contribution in [0, 0.1) is 5.92 Å². The number of nitrogens with one attached hydrogen (secondary N) is 1. The predicted octanol–water partition coefficient (Wildman–Crippen LogP) is 0.737. The second kappa shape index (κ2) is 3.95. The molecule has 0 saturated carbocycles. The zero-order chi connectivity index (χ0) is 10.1. The van der Waals surface area contributed by atoms with Crippen LogP contribution in [0.5, 0.6) is 0 Å². The highest BCUT2D eigenvalue weighted by molar-refractivity contribution is 4.89. The molecular weight excluding hydrogens is 164 g/mol. The van der Waals surface area contributed by atoms with Gasteiger partial charge in [0.25, 0.3) is 0 Å². The van der Waals surface area contributed by atoms with Crippen LogP contribution in [-0.2, 0) is 4.74 Å². The van der Waals surface area contributed by atoms with E-state index >= 15 is 0 Å². The van der Waals surface area contributed by atoms with Crippen molar-refractivity contribution in [3.05, 3.63) is 0 Å². The number of hydrogen-bond donors (Lipinski definition) is 2. The van der Waals surface area contributed by atoms with E-state index in [0.29, 0.717) is 12.0 Å². The van der Waals surface area contributed by atoms with Gasteiger partial charge in [0.05, 0.1) is 12.7 Å². The normalized spacial score (nSPS) is 30.9. The van der Waals surface area contributed by atoms with Crippen molar-refractivity contribution < 1.29 is 4.74 Å². The summed E-state index contributed by atoms with van der Waals surface area (Å²) >= 11 is 0. The monoisotopic (exact) mass is 186 g/mol. The van der Waals surface area contributed by atoms with Crippen LogP contribution in [0.2, 0.25) is 0 Å². The minimum Gasteiger partial charge on any atom is -0.373 e. The van der Waals surface area contributed by atoms with Crippen molar-refractivity contribution in [2.24, 2.45) is 11.7 Å². The van der Waals surface area contributed by atoms with Crippen molar-refractivity contribution in [2.45, 2.75) is 45.4 Å². The maximum atomic E-state index is 5.97. The minimum absolute atomic E-state index is 0.141. The van der Waals surface area contributed by atoms with E-state index in [0.717, 1.165) is 13.2 Å². The first kappa shape index (κ1) is 11.0. The fourth-order valence-corrected chi connectivity index (χ4v) is 1.50. The quantitative estimate of drug-likeness (QED) is 0.668. The van der Waals surface area contributed by atoms with Crippen LogP contribution in [0.25, 0.3) is 0 Å². The summed E-state index contributed by atoms with van der Waals surface area (Å²) in [6, 6.07) is 0.485. The van der Waals surface area contributed by atoms with Gasteiger partial charge in [0.15, 0.2) is 0 Å². The van der Waals surface area contributed by atoms with Gasteiger partial charge in [0, 0.05) is 18.1 Å². The summed E-state index contributed by atoms with van der Waals surface area (Å²) in [5, 5.41) is 3.47. The van der Waals surface area contributed by atoms with E-state index in [1.165, 1.54) is 0 Å². The Kier molecular flexibility index (Phi) is 3.33. The van der Waals surface area contributed by atoms with Crippen LogP contribution >= 0.6 is 0 Å². The fraction of sp³-hybridized carbons (Fsp3) is 1.00. The largest absolute Gasteiger partial charge is 0.373 e. The molecule has 0 spiro atoms. The molecule has 0 aromatic rings. The number of nitrogens with two attached hydrogens (primary N) is 1. The maximum Gasteiger partial charge on any atom is 0.0873 e. The van der Waals surface area contributed by atoms with Crippen LogP contribution in [0.15, 0.2) is 0 Å². The lowest BCUT2D eigenvalue weighted by atomic mass is 9.95. The van der Waals surface area contributed by atoms with Gasteiger partial charge in [0.2, 0.25) is 0 Å². The van der Waals surface area contributed by atoms with E-state index in [2.05, 4.69) is 19.2 Å². The molecule has 1 rings (SSSR count). The number of ether oxygens (including phenoxy) is 1. The van der Waals surface area contributed by atoms with Gasteiger partial charge in [-0.05, 0) is 19.8 Å². The van der Waals surface area contributed by atoms with Gasteiger partial charge in [-0.15, -0.1) is 0 Å². The lowest BCUT2D eigenvalue weighted by molar-refractivity contribution is -0.0383. The van der Waals surface area contributed by atoms with E-state index in [1.54, 1.807) is 0 Å². The second-order valence-corrected chi connectivity index (χ2v) is 4.90. The first-order chi connectivity index (χ1) is 5.91. The van der Waals surface area contributed by atoms with E-state index < -0.39 is 0 Å². The summed E-state index contributed by atoms with van der Waals surface area (Å²) in [6.07, 6.45) is 0.141. The molecule has 0 amide bonds. The molecule has 0 aromatic heterocycles. The highest BCUT2D eigenvalue weighted by Crippen LogP contribution is 2.15. The molecule has 0 bridgehead atoms. The fourth-order valence-electron chi connectivity index (χ4n) is 1.50. The Labute approximate surface area is 81.0 Å². The smallest absolute Gasteiger partial charge is 0.0873 e. The summed E-state index contributed by atoms with van der Waals surface area (Å²) in [6.45, 7) is 10.1. The molecule has 3 N–H and O–H groups in total. The molecule has 1 aliphatic rings. The van der Waals surface area contributed by atoms with Crippen LogP contribution in [-0.4, -0.2) is 30.8 Å². The Morgan fingerprint density at radius 2 is 2.08 bits per heavy atom. The van der Waals surface area contributed by atoms with E-state index in [1.807, 2.05) is 13.8 Å². The molecule has 3 heteroatoms. The predicted molar refractivity (Wildman–Crippen MR) is 54.6 cm³/mol. The molecule has 1 heterocycles. The second-order valence-electron chi connectivity index (χ2n) is 4.90. The first-order valence-corrected chi connectivity index (χ1v) is 5.05. The number of hydrogen-bond acceptors (Lipinski definition) is 3. The molecular formula is C10H22N2O. The van der Waals surface area contributed by atoms with Gasteiger partial charge < -0.3 is 15.8 Å². The summed E-state index contributed by atoms with van der Waals surface area (Å²) in [4.78, 5) is 0. The lowest BCUT2D eigenvalue weighted by Crippen LogP contribution is -2.58. The Morgan fingerprint density at radius 3 is 2.38 bits per heavy atom. The van der Waals surface area contributed by atoms with Crippen LogP contribution in [0.3, 0.4) is 0 Å². The Morgan fingerprint density at radius 1 is 1.46 bits per heavy atom. The molecule has 1 aliphatic heterocycles. The summed E-state index contributed by atoms with van der Waals surface area (Å²) in [7, 11) is 0. The van der Waals surface area contributed by atoms with Crippen LogP contribution in [0.1, 0.15) is 27.7 Å². The van der Waals surface area contributed by atoms with Crippen LogP contribution in [0.4, 0.5) is 0 Å². The molecule has 0 aromatic carbocycles. The van der Waals surface area contributed by atoms with Crippen molar-refractivity contribution in [1.82, 2.24) is 5.32 Å². The molecule has 2 unspecified atom stereocenters. The third-order valence-corrected chi connectivity index (χ3v) is 2.68. The van der Waals surface area contributed by atoms with Gasteiger partial charge in [-0.25, -0.2) is 0 Å². The molecule has 3 nitrogen and oxygen atoms in total. The van der Waals surface area contributed by atoms with Gasteiger partial charge in [-0.2, -0.15) is 0 Å². The molecule has 0 radical (unpaired) electrons. The molecule has 78 valence electrons. The van der Waals surface area contributed by atoms with Crippen molar-refractivity contribution >= 4 is 0 Å². The van der Waals surface area contributed by atoms with Crippen molar-refractivity contribution in [3.8, 4) is 0 Å². The molecule has 13 heavy (non-hydrogen) atoms. The van der Waals surface area contributed by atoms with Crippen LogP contribution < -0.4 is 11.1 Å². The standard InChI is InChI=1S/C10H22N2O/c1-7(2)8-6-13-9(5-12-8)10(3,4)11/h7-9,12H,5-6,11H2,1-4H3. The third kappa shape index (κ3) is 2.93. The lowest BCUT2D eigenvalue weighted by Gasteiger charge is -2.38. The highest BCUT2D eigenvalue weighted by atomic mass is 16.5. The Hall–Kier alpha value is -0.120. The summed E-state index contributed by atoms with van der Waals surface area (Å²) in [5.74, 6) is 0.627.